The Balaban J connectivity index is 1.34. The van der Waals surface area contributed by atoms with Crippen molar-refractivity contribution in [3.05, 3.63) is 112 Å². The molecule has 0 saturated carbocycles. The van der Waals surface area contributed by atoms with Gasteiger partial charge in [-0.1, -0.05) is 79.7 Å². The van der Waals surface area contributed by atoms with Crippen LogP contribution in [0.25, 0.3) is 0 Å². The first kappa shape index (κ1) is 32.0. The number of nitrogens with one attached hydrogen (secondary N) is 1. The topological polar surface area (TPSA) is 108 Å². The van der Waals surface area contributed by atoms with Gasteiger partial charge in [0.05, 0.1) is 11.0 Å². The van der Waals surface area contributed by atoms with Gasteiger partial charge in [-0.05, 0) is 75.4 Å². The lowest BCUT2D eigenvalue weighted by molar-refractivity contribution is -0.384. The van der Waals surface area contributed by atoms with Crippen LogP contribution in [0.3, 0.4) is 0 Å². The van der Waals surface area contributed by atoms with Gasteiger partial charge in [-0.15, -0.1) is 0 Å². The van der Waals surface area contributed by atoms with E-state index in [-0.39, 0.29) is 23.1 Å². The Morgan fingerprint density at radius 3 is 2.09 bits per heavy atom. The summed E-state index contributed by atoms with van der Waals surface area (Å²) in [6, 6.07) is 27.6. The van der Waals surface area contributed by atoms with Crippen LogP contribution in [-0.4, -0.2) is 71.1 Å². The zero-order valence-electron chi connectivity index (χ0n) is 26.2. The van der Waals surface area contributed by atoms with E-state index in [1.807, 2.05) is 13.8 Å². The molecule has 1 fully saturated rings. The summed E-state index contributed by atoms with van der Waals surface area (Å²) in [7, 11) is 0. The fraction of sp³-hybridized carbons (Fsp3) is 0.417. The van der Waals surface area contributed by atoms with E-state index in [0.29, 0.717) is 25.8 Å². The lowest BCUT2D eigenvalue weighted by atomic mass is 9.68. The number of nitrogens with zero attached hydrogens (tertiary/aromatic N) is 4. The minimum absolute atomic E-state index is 0.00161. The van der Waals surface area contributed by atoms with Crippen molar-refractivity contribution in [2.45, 2.75) is 69.0 Å². The number of non-ortho nitro benzene ring substituents is 1. The number of piperidine rings is 1. The smallest absolute Gasteiger partial charge is 0.269 e. The highest BCUT2D eigenvalue weighted by Gasteiger charge is 2.52. The van der Waals surface area contributed by atoms with Crippen LogP contribution in [0.5, 0.6) is 0 Å². The van der Waals surface area contributed by atoms with E-state index in [1.165, 1.54) is 23.3 Å². The molecule has 3 atom stereocenters. The molecule has 1 saturated heterocycles. The standard InChI is InChI=1S/C36H43N5O4/c1-3-34-36(37-26-42,33(25-28(2)38-34)29-15-17-32(18-16-29)41(44)45)40(27-43)22-10-21-39-23-19-35(20-24-39,30-11-6-4-7-12-30)31-13-8-5-9-14-31/h4-9,11-18,26-27,33-34H,3,10,19-25H2,1-2H3,(H,37,42). The molecule has 5 rings (SSSR count). The molecule has 3 aromatic rings. The fourth-order valence-corrected chi connectivity index (χ4v) is 7.68. The zero-order chi connectivity index (χ0) is 31.9. The summed E-state index contributed by atoms with van der Waals surface area (Å²) in [6.07, 6.45) is 5.36. The molecule has 2 amide bonds. The summed E-state index contributed by atoms with van der Waals surface area (Å²) in [5.41, 5.74) is 3.32. The molecule has 236 valence electrons. The van der Waals surface area contributed by atoms with E-state index < -0.39 is 10.6 Å². The number of rotatable bonds is 13. The number of nitro groups is 1. The zero-order valence-corrected chi connectivity index (χ0v) is 26.2. The molecule has 0 spiro atoms. The lowest BCUT2D eigenvalue weighted by Gasteiger charge is -2.52. The highest BCUT2D eigenvalue weighted by atomic mass is 16.6. The second kappa shape index (κ2) is 14.2. The van der Waals surface area contributed by atoms with Crippen molar-refractivity contribution >= 4 is 24.2 Å². The Labute approximate surface area is 265 Å². The maximum Gasteiger partial charge on any atom is 0.269 e. The molecule has 2 aliphatic heterocycles. The van der Waals surface area contributed by atoms with Crippen molar-refractivity contribution in [1.82, 2.24) is 15.1 Å². The maximum absolute atomic E-state index is 12.8. The Hall–Kier alpha value is -4.37. The number of amides is 2. The van der Waals surface area contributed by atoms with Crippen molar-refractivity contribution in [1.29, 1.82) is 0 Å². The van der Waals surface area contributed by atoms with Crippen molar-refractivity contribution in [2.24, 2.45) is 4.99 Å². The number of carbonyl (C=O) groups is 2. The lowest BCUT2D eigenvalue weighted by Crippen LogP contribution is -2.69. The first-order valence-electron chi connectivity index (χ1n) is 15.9. The van der Waals surface area contributed by atoms with Crippen molar-refractivity contribution in [2.75, 3.05) is 26.2 Å². The highest BCUT2D eigenvalue weighted by Crippen LogP contribution is 2.44. The Bertz CT molecular complexity index is 1430. The van der Waals surface area contributed by atoms with E-state index in [4.69, 9.17) is 4.99 Å². The third-order valence-electron chi connectivity index (χ3n) is 9.94. The first-order chi connectivity index (χ1) is 21.9. The molecule has 0 radical (unpaired) electrons. The van der Waals surface area contributed by atoms with E-state index in [2.05, 4.69) is 70.9 Å². The predicted octanol–water partition coefficient (Wildman–Crippen LogP) is 5.69. The van der Waals surface area contributed by atoms with Gasteiger partial charge in [-0.3, -0.25) is 24.7 Å². The average molecular weight is 610 g/mol. The number of nitro benzene ring substituents is 1. The number of hydrogen-bond donors (Lipinski definition) is 1. The van der Waals surface area contributed by atoms with E-state index in [0.717, 1.165) is 56.6 Å². The van der Waals surface area contributed by atoms with Crippen LogP contribution in [0.15, 0.2) is 89.9 Å². The van der Waals surface area contributed by atoms with Gasteiger partial charge in [0.15, 0.2) is 0 Å². The molecule has 45 heavy (non-hydrogen) atoms. The predicted molar refractivity (Wildman–Crippen MR) is 176 cm³/mol. The van der Waals surface area contributed by atoms with E-state index in [9.17, 15) is 19.7 Å². The normalized spacial score (nSPS) is 23.0. The molecule has 2 heterocycles. The first-order valence-corrected chi connectivity index (χ1v) is 15.9. The van der Waals surface area contributed by atoms with Crippen molar-refractivity contribution in [3.8, 4) is 0 Å². The van der Waals surface area contributed by atoms with Gasteiger partial charge in [0.2, 0.25) is 12.8 Å². The van der Waals surface area contributed by atoms with Crippen LogP contribution >= 0.6 is 0 Å². The van der Waals surface area contributed by atoms with Crippen LogP contribution in [-0.2, 0) is 15.0 Å². The molecule has 9 heteroatoms. The molecule has 0 aromatic heterocycles. The summed E-state index contributed by atoms with van der Waals surface area (Å²) in [5.74, 6) is -0.316. The molecular formula is C36H43N5O4. The molecule has 3 aromatic carbocycles. The van der Waals surface area contributed by atoms with Gasteiger partial charge in [-0.2, -0.15) is 0 Å². The van der Waals surface area contributed by atoms with Crippen LogP contribution < -0.4 is 5.32 Å². The number of benzene rings is 3. The Kier molecular flexibility index (Phi) is 10.1. The minimum Gasteiger partial charge on any atom is -0.333 e. The maximum atomic E-state index is 12.8. The van der Waals surface area contributed by atoms with Crippen molar-refractivity contribution in [3.63, 3.8) is 0 Å². The summed E-state index contributed by atoms with van der Waals surface area (Å²) in [6.45, 7) is 7.10. The summed E-state index contributed by atoms with van der Waals surface area (Å²) < 4.78 is 0. The molecule has 0 aliphatic carbocycles. The molecule has 3 unspecified atom stereocenters. The van der Waals surface area contributed by atoms with Gasteiger partial charge in [-0.25, -0.2) is 0 Å². The summed E-state index contributed by atoms with van der Waals surface area (Å²) in [4.78, 5) is 45.0. The Morgan fingerprint density at radius 2 is 1.58 bits per heavy atom. The number of hydrogen-bond acceptors (Lipinski definition) is 6. The van der Waals surface area contributed by atoms with Gasteiger partial charge in [0.1, 0.15) is 5.66 Å². The largest absolute Gasteiger partial charge is 0.333 e. The summed E-state index contributed by atoms with van der Waals surface area (Å²) >= 11 is 0. The third kappa shape index (κ3) is 6.40. The highest BCUT2D eigenvalue weighted by molar-refractivity contribution is 5.84. The second-order valence-corrected chi connectivity index (χ2v) is 12.3. The second-order valence-electron chi connectivity index (χ2n) is 12.3. The minimum atomic E-state index is -1.09. The number of carbonyl (C=O) groups excluding carboxylic acids is 2. The SMILES string of the molecule is CCC1N=C(C)CC(c2ccc([N+](=O)[O-])cc2)C1(NC=O)N(C=O)CCCN1CCC(c2ccccc2)(c2ccccc2)CC1. The number of aliphatic imine (C=N–C) groups is 1. The Morgan fingerprint density at radius 1 is 0.978 bits per heavy atom. The van der Waals surface area contributed by atoms with E-state index >= 15 is 0 Å². The van der Waals surface area contributed by atoms with Crippen LogP contribution in [0, 0.1) is 10.1 Å². The summed E-state index contributed by atoms with van der Waals surface area (Å²) in [5, 5.41) is 14.4. The van der Waals surface area contributed by atoms with E-state index in [1.54, 1.807) is 17.0 Å². The van der Waals surface area contributed by atoms with Crippen LogP contribution in [0.4, 0.5) is 5.69 Å². The third-order valence-corrected chi connectivity index (χ3v) is 9.94. The van der Waals surface area contributed by atoms with Gasteiger partial charge in [0, 0.05) is 35.7 Å². The monoisotopic (exact) mass is 609 g/mol. The van der Waals surface area contributed by atoms with Gasteiger partial charge < -0.3 is 15.1 Å². The molecule has 0 bridgehead atoms. The van der Waals surface area contributed by atoms with Gasteiger partial charge in [0.25, 0.3) is 5.69 Å². The van der Waals surface area contributed by atoms with Crippen LogP contribution in [0.1, 0.15) is 68.6 Å². The van der Waals surface area contributed by atoms with Crippen LogP contribution in [0.2, 0.25) is 0 Å². The van der Waals surface area contributed by atoms with Crippen molar-refractivity contribution < 1.29 is 14.5 Å². The molecule has 9 nitrogen and oxygen atoms in total. The van der Waals surface area contributed by atoms with Gasteiger partial charge >= 0.3 is 0 Å². The molecule has 1 N–H and O–H groups in total. The average Bonchev–Trinajstić information content (AvgIpc) is 3.08. The molecule has 2 aliphatic rings. The fourth-order valence-electron chi connectivity index (χ4n) is 7.68. The quantitative estimate of drug-likeness (QED) is 0.116. The number of likely N-dealkylation sites (tertiary alicyclic amines) is 1. The molecular weight excluding hydrogens is 566 g/mol.